The van der Waals surface area contributed by atoms with Crippen LogP contribution in [0.25, 0.3) is 0 Å². The van der Waals surface area contributed by atoms with Crippen molar-refractivity contribution in [2.75, 3.05) is 18.0 Å². The standard InChI is InChI=1S/C13H15NO3/c15-13(16)9-2-5-12(17-10-3-4-10)11(8-9)14-6-1-7-14/h2,5,8,10H,1,3-4,6-7H2,(H,15,16). The van der Waals surface area contributed by atoms with Crippen LogP contribution in [0.2, 0.25) is 0 Å². The van der Waals surface area contributed by atoms with Crippen LogP contribution < -0.4 is 9.64 Å². The third-order valence-electron chi connectivity index (χ3n) is 3.22. The average Bonchev–Trinajstić information content (AvgIpc) is 3.01. The molecule has 0 bridgehead atoms. The van der Waals surface area contributed by atoms with Crippen molar-refractivity contribution in [2.24, 2.45) is 0 Å². The van der Waals surface area contributed by atoms with Crippen LogP contribution in [0.3, 0.4) is 0 Å². The van der Waals surface area contributed by atoms with Gasteiger partial charge in [0, 0.05) is 13.1 Å². The van der Waals surface area contributed by atoms with E-state index in [1.807, 2.05) is 0 Å². The van der Waals surface area contributed by atoms with Crippen LogP contribution in [-0.4, -0.2) is 30.3 Å². The molecule has 2 aliphatic rings. The number of carbonyl (C=O) groups is 1. The van der Waals surface area contributed by atoms with Crippen LogP contribution >= 0.6 is 0 Å². The molecule has 1 saturated carbocycles. The summed E-state index contributed by atoms with van der Waals surface area (Å²) in [4.78, 5) is 13.1. The van der Waals surface area contributed by atoms with Gasteiger partial charge in [0.25, 0.3) is 0 Å². The molecule has 1 heterocycles. The van der Waals surface area contributed by atoms with Gasteiger partial charge in [-0.1, -0.05) is 0 Å². The van der Waals surface area contributed by atoms with Gasteiger partial charge in [-0.25, -0.2) is 4.79 Å². The quantitative estimate of drug-likeness (QED) is 0.865. The van der Waals surface area contributed by atoms with E-state index < -0.39 is 5.97 Å². The predicted molar refractivity (Wildman–Crippen MR) is 63.9 cm³/mol. The molecule has 0 radical (unpaired) electrons. The van der Waals surface area contributed by atoms with Crippen molar-refractivity contribution >= 4 is 11.7 Å². The lowest BCUT2D eigenvalue weighted by Gasteiger charge is -2.34. The molecule has 1 saturated heterocycles. The lowest BCUT2D eigenvalue weighted by Crippen LogP contribution is -2.37. The first-order valence-corrected chi connectivity index (χ1v) is 6.03. The Labute approximate surface area is 99.8 Å². The summed E-state index contributed by atoms with van der Waals surface area (Å²) < 4.78 is 5.81. The van der Waals surface area contributed by atoms with E-state index in [1.54, 1.807) is 18.2 Å². The van der Waals surface area contributed by atoms with Crippen LogP contribution in [0, 0.1) is 0 Å². The molecular weight excluding hydrogens is 218 g/mol. The second kappa shape index (κ2) is 3.95. The Morgan fingerprint density at radius 1 is 1.35 bits per heavy atom. The van der Waals surface area contributed by atoms with E-state index in [4.69, 9.17) is 9.84 Å². The number of anilines is 1. The Morgan fingerprint density at radius 3 is 2.65 bits per heavy atom. The smallest absolute Gasteiger partial charge is 0.335 e. The molecule has 1 N–H and O–H groups in total. The molecule has 4 heteroatoms. The molecule has 2 fully saturated rings. The van der Waals surface area contributed by atoms with E-state index in [0.717, 1.165) is 37.4 Å². The van der Waals surface area contributed by atoms with E-state index in [2.05, 4.69) is 4.90 Å². The summed E-state index contributed by atoms with van der Waals surface area (Å²) in [6.45, 7) is 1.98. The summed E-state index contributed by atoms with van der Waals surface area (Å²) in [7, 11) is 0. The normalized spacial score (nSPS) is 18.7. The molecule has 0 amide bonds. The van der Waals surface area contributed by atoms with Crippen molar-refractivity contribution in [1.29, 1.82) is 0 Å². The first-order chi connectivity index (χ1) is 8.24. The number of aromatic carboxylic acids is 1. The van der Waals surface area contributed by atoms with Gasteiger partial charge in [-0.3, -0.25) is 0 Å². The maximum absolute atomic E-state index is 11.0. The number of nitrogens with zero attached hydrogens (tertiary/aromatic N) is 1. The van der Waals surface area contributed by atoms with Crippen LogP contribution in [0.4, 0.5) is 5.69 Å². The van der Waals surface area contributed by atoms with Gasteiger partial charge < -0.3 is 14.7 Å². The van der Waals surface area contributed by atoms with Crippen molar-refractivity contribution in [1.82, 2.24) is 0 Å². The minimum Gasteiger partial charge on any atom is -0.488 e. The molecule has 90 valence electrons. The Balaban J connectivity index is 1.91. The zero-order valence-electron chi connectivity index (χ0n) is 9.56. The molecule has 0 spiro atoms. The monoisotopic (exact) mass is 233 g/mol. The van der Waals surface area contributed by atoms with Gasteiger partial charge in [0.2, 0.25) is 0 Å². The van der Waals surface area contributed by atoms with Gasteiger partial charge in [0.05, 0.1) is 17.4 Å². The van der Waals surface area contributed by atoms with Crippen molar-refractivity contribution in [3.05, 3.63) is 23.8 Å². The van der Waals surface area contributed by atoms with Gasteiger partial charge >= 0.3 is 5.97 Å². The lowest BCUT2D eigenvalue weighted by atomic mass is 10.1. The third kappa shape index (κ3) is 2.07. The highest BCUT2D eigenvalue weighted by Crippen LogP contribution is 2.36. The van der Waals surface area contributed by atoms with Crippen molar-refractivity contribution in [3.63, 3.8) is 0 Å². The fraction of sp³-hybridized carbons (Fsp3) is 0.462. The van der Waals surface area contributed by atoms with Crippen molar-refractivity contribution < 1.29 is 14.6 Å². The summed E-state index contributed by atoms with van der Waals surface area (Å²) in [5, 5.41) is 9.01. The lowest BCUT2D eigenvalue weighted by molar-refractivity contribution is 0.0697. The Morgan fingerprint density at radius 2 is 2.12 bits per heavy atom. The molecule has 4 nitrogen and oxygen atoms in total. The van der Waals surface area contributed by atoms with Crippen LogP contribution in [0.15, 0.2) is 18.2 Å². The summed E-state index contributed by atoms with van der Waals surface area (Å²) in [6.07, 6.45) is 3.73. The molecule has 1 aliphatic heterocycles. The fourth-order valence-corrected chi connectivity index (χ4v) is 1.92. The molecule has 1 aromatic carbocycles. The average molecular weight is 233 g/mol. The highest BCUT2D eigenvalue weighted by atomic mass is 16.5. The summed E-state index contributed by atoms with van der Waals surface area (Å²) >= 11 is 0. The summed E-state index contributed by atoms with van der Waals surface area (Å²) in [6, 6.07) is 5.12. The first kappa shape index (κ1) is 10.4. The van der Waals surface area contributed by atoms with Gasteiger partial charge in [0.15, 0.2) is 0 Å². The number of benzene rings is 1. The minimum atomic E-state index is -0.884. The van der Waals surface area contributed by atoms with Crippen LogP contribution in [-0.2, 0) is 0 Å². The Kier molecular flexibility index (Phi) is 2.42. The molecule has 1 aliphatic carbocycles. The van der Waals surface area contributed by atoms with E-state index in [1.165, 1.54) is 6.42 Å². The number of hydrogen-bond acceptors (Lipinski definition) is 3. The fourth-order valence-electron chi connectivity index (χ4n) is 1.92. The second-order valence-electron chi connectivity index (χ2n) is 4.65. The molecular formula is C13H15NO3. The highest BCUT2D eigenvalue weighted by molar-refractivity contribution is 5.89. The highest BCUT2D eigenvalue weighted by Gasteiger charge is 2.27. The van der Waals surface area contributed by atoms with E-state index >= 15 is 0 Å². The molecule has 17 heavy (non-hydrogen) atoms. The summed E-state index contributed by atoms with van der Waals surface area (Å²) in [5.41, 5.74) is 1.26. The zero-order chi connectivity index (χ0) is 11.8. The Hall–Kier alpha value is -1.71. The van der Waals surface area contributed by atoms with Gasteiger partial charge in [-0.2, -0.15) is 0 Å². The number of carboxylic acid groups (broad SMARTS) is 1. The van der Waals surface area contributed by atoms with Crippen molar-refractivity contribution in [3.8, 4) is 5.75 Å². The van der Waals surface area contributed by atoms with E-state index in [0.29, 0.717) is 11.7 Å². The number of carboxylic acids is 1. The zero-order valence-corrected chi connectivity index (χ0v) is 9.56. The SMILES string of the molecule is O=C(O)c1ccc(OC2CC2)c(N2CCC2)c1. The van der Waals surface area contributed by atoms with E-state index in [9.17, 15) is 4.79 Å². The first-order valence-electron chi connectivity index (χ1n) is 6.03. The van der Waals surface area contributed by atoms with Crippen LogP contribution in [0.5, 0.6) is 5.75 Å². The minimum absolute atomic E-state index is 0.329. The number of ether oxygens (including phenoxy) is 1. The topological polar surface area (TPSA) is 49.8 Å². The molecule has 0 aromatic heterocycles. The predicted octanol–water partition coefficient (Wildman–Crippen LogP) is 2.14. The number of rotatable bonds is 4. The Bertz CT molecular complexity index is 450. The molecule has 0 unspecified atom stereocenters. The van der Waals surface area contributed by atoms with Gasteiger partial charge in [0.1, 0.15) is 5.75 Å². The number of hydrogen-bond donors (Lipinski definition) is 1. The van der Waals surface area contributed by atoms with Gasteiger partial charge in [-0.15, -0.1) is 0 Å². The maximum Gasteiger partial charge on any atom is 0.335 e. The second-order valence-corrected chi connectivity index (χ2v) is 4.65. The van der Waals surface area contributed by atoms with E-state index in [-0.39, 0.29) is 0 Å². The van der Waals surface area contributed by atoms with Gasteiger partial charge in [-0.05, 0) is 37.5 Å². The van der Waals surface area contributed by atoms with Crippen molar-refractivity contribution in [2.45, 2.75) is 25.4 Å². The molecule has 3 rings (SSSR count). The maximum atomic E-state index is 11.0. The molecule has 1 aromatic rings. The van der Waals surface area contributed by atoms with Crippen LogP contribution in [0.1, 0.15) is 29.6 Å². The molecule has 0 atom stereocenters. The third-order valence-corrected chi connectivity index (χ3v) is 3.22. The summed E-state index contributed by atoms with van der Waals surface area (Å²) in [5.74, 6) is -0.0538. The largest absolute Gasteiger partial charge is 0.488 e.